The van der Waals surface area contributed by atoms with Crippen molar-refractivity contribution < 1.29 is 14.4 Å². The molecule has 0 aliphatic heterocycles. The molecular formula is C16H13FN2O3. The first-order valence-electron chi connectivity index (χ1n) is 6.75. The van der Waals surface area contributed by atoms with Gasteiger partial charge in [0.15, 0.2) is 0 Å². The summed E-state index contributed by atoms with van der Waals surface area (Å²) in [5.74, 6) is -1.18. The average Bonchev–Trinajstić information content (AvgIpc) is 2.54. The van der Waals surface area contributed by atoms with E-state index in [1.54, 1.807) is 30.4 Å². The van der Waals surface area contributed by atoms with Crippen molar-refractivity contribution in [3.63, 3.8) is 0 Å². The molecule has 22 heavy (non-hydrogen) atoms. The van der Waals surface area contributed by atoms with Crippen LogP contribution in [0.1, 0.15) is 5.56 Å². The number of aliphatic hydroxyl groups is 1. The summed E-state index contributed by atoms with van der Waals surface area (Å²) >= 11 is 0. The summed E-state index contributed by atoms with van der Waals surface area (Å²) < 4.78 is 13.7. The minimum atomic E-state index is -1.60. The van der Waals surface area contributed by atoms with Gasteiger partial charge >= 0.3 is 0 Å². The van der Waals surface area contributed by atoms with Crippen molar-refractivity contribution >= 4 is 10.9 Å². The third-order valence-corrected chi connectivity index (χ3v) is 3.99. The van der Waals surface area contributed by atoms with Crippen molar-refractivity contribution in [2.75, 3.05) is 6.61 Å². The van der Waals surface area contributed by atoms with Gasteiger partial charge in [0, 0.05) is 16.5 Å². The quantitative estimate of drug-likeness (QED) is 0.698. The number of nitro groups is 1. The van der Waals surface area contributed by atoms with Gasteiger partial charge in [-0.05, 0) is 18.2 Å². The average molecular weight is 300 g/mol. The number of rotatable bonds is 3. The van der Waals surface area contributed by atoms with Crippen LogP contribution in [0.15, 0.2) is 54.8 Å². The first-order valence-corrected chi connectivity index (χ1v) is 6.75. The second-order valence-corrected chi connectivity index (χ2v) is 5.15. The Kier molecular flexibility index (Phi) is 3.46. The number of hydrogen-bond acceptors (Lipinski definition) is 4. The van der Waals surface area contributed by atoms with E-state index in [2.05, 4.69) is 4.98 Å². The Morgan fingerprint density at radius 1 is 1.41 bits per heavy atom. The Morgan fingerprint density at radius 2 is 2.23 bits per heavy atom. The number of aromatic nitrogens is 1. The van der Waals surface area contributed by atoms with E-state index in [-0.39, 0.29) is 12.1 Å². The monoisotopic (exact) mass is 300 g/mol. The van der Waals surface area contributed by atoms with Crippen molar-refractivity contribution in [3.8, 4) is 0 Å². The number of fused-ring (bicyclic) bond motifs is 1. The van der Waals surface area contributed by atoms with Crippen LogP contribution in [-0.4, -0.2) is 21.6 Å². The maximum atomic E-state index is 13.7. The van der Waals surface area contributed by atoms with Gasteiger partial charge in [-0.2, -0.15) is 0 Å². The fraction of sp³-hybridized carbons (Fsp3) is 0.188. The summed E-state index contributed by atoms with van der Waals surface area (Å²) in [6.07, 6.45) is 7.58. The Balaban J connectivity index is 2.24. The number of hydrogen-bond donors (Lipinski definition) is 1. The largest absolute Gasteiger partial charge is 0.395 e. The minimum Gasteiger partial charge on any atom is -0.395 e. The first-order chi connectivity index (χ1) is 10.6. The zero-order valence-corrected chi connectivity index (χ0v) is 11.5. The number of halogens is 1. The first kappa shape index (κ1) is 14.3. The maximum absolute atomic E-state index is 13.7. The van der Waals surface area contributed by atoms with Gasteiger partial charge in [0.2, 0.25) is 0 Å². The fourth-order valence-corrected chi connectivity index (χ4v) is 2.83. The van der Waals surface area contributed by atoms with Gasteiger partial charge in [-0.1, -0.05) is 30.4 Å². The fourth-order valence-electron chi connectivity index (χ4n) is 2.83. The molecule has 0 radical (unpaired) electrons. The summed E-state index contributed by atoms with van der Waals surface area (Å²) in [5, 5.41) is 21.8. The van der Waals surface area contributed by atoms with Crippen molar-refractivity contribution in [1.29, 1.82) is 0 Å². The molecule has 2 atom stereocenters. The molecule has 1 heterocycles. The number of aliphatic hydroxyl groups excluding tert-OH is 1. The van der Waals surface area contributed by atoms with Crippen molar-refractivity contribution in [2.45, 2.75) is 5.54 Å². The van der Waals surface area contributed by atoms with Crippen LogP contribution in [-0.2, 0) is 5.54 Å². The van der Waals surface area contributed by atoms with Crippen LogP contribution in [0.25, 0.3) is 10.9 Å². The van der Waals surface area contributed by atoms with Crippen LogP contribution in [0.2, 0.25) is 0 Å². The Hall–Kier alpha value is -2.60. The summed E-state index contributed by atoms with van der Waals surface area (Å²) in [6.45, 7) is -0.372. The minimum absolute atomic E-state index is 0.167. The SMILES string of the molecule is O=[N+]([O-])C1(c2cnc3c(F)cccc3c2)C=CC=CC1CO. The van der Waals surface area contributed by atoms with Gasteiger partial charge in [0.25, 0.3) is 5.54 Å². The van der Waals surface area contributed by atoms with E-state index >= 15 is 0 Å². The van der Waals surface area contributed by atoms with Gasteiger partial charge in [0.05, 0.1) is 18.1 Å². The Morgan fingerprint density at radius 3 is 2.95 bits per heavy atom. The Labute approximate surface area is 125 Å². The normalized spacial score (nSPS) is 23.8. The molecule has 2 unspecified atom stereocenters. The predicted octanol–water partition coefficient (Wildman–Crippen LogP) is 2.58. The van der Waals surface area contributed by atoms with Crippen molar-refractivity contribution in [2.24, 2.45) is 5.92 Å². The van der Waals surface area contributed by atoms with Crippen LogP contribution in [0.3, 0.4) is 0 Å². The van der Waals surface area contributed by atoms with Crippen molar-refractivity contribution in [3.05, 3.63) is 76.3 Å². The van der Waals surface area contributed by atoms with E-state index in [0.717, 1.165) is 0 Å². The molecule has 0 fully saturated rings. The predicted molar refractivity (Wildman–Crippen MR) is 79.2 cm³/mol. The van der Waals surface area contributed by atoms with Gasteiger partial charge in [-0.15, -0.1) is 0 Å². The molecule has 0 amide bonds. The smallest absolute Gasteiger partial charge is 0.275 e. The van der Waals surface area contributed by atoms with Gasteiger partial charge in [-0.3, -0.25) is 15.1 Å². The number of benzene rings is 1. The Bertz CT molecular complexity index is 803. The third-order valence-electron chi connectivity index (χ3n) is 3.99. The second kappa shape index (κ2) is 5.31. The van der Waals surface area contributed by atoms with Crippen LogP contribution in [0.5, 0.6) is 0 Å². The van der Waals surface area contributed by atoms with Gasteiger partial charge < -0.3 is 5.11 Å². The lowest BCUT2D eigenvalue weighted by molar-refractivity contribution is -0.573. The van der Waals surface area contributed by atoms with Crippen LogP contribution < -0.4 is 0 Å². The van der Waals surface area contributed by atoms with E-state index in [0.29, 0.717) is 10.9 Å². The third kappa shape index (κ3) is 2.00. The van der Waals surface area contributed by atoms with E-state index in [9.17, 15) is 19.6 Å². The topological polar surface area (TPSA) is 76.3 Å². The molecule has 1 N–H and O–H groups in total. The van der Waals surface area contributed by atoms with E-state index in [4.69, 9.17) is 0 Å². The molecule has 112 valence electrons. The lowest BCUT2D eigenvalue weighted by Gasteiger charge is -2.29. The molecule has 1 aliphatic rings. The highest BCUT2D eigenvalue weighted by atomic mass is 19.1. The summed E-state index contributed by atoms with van der Waals surface area (Å²) in [4.78, 5) is 15.4. The highest BCUT2D eigenvalue weighted by molar-refractivity contribution is 5.79. The molecule has 0 spiro atoms. The lowest BCUT2D eigenvalue weighted by Crippen LogP contribution is -2.43. The molecule has 1 aliphatic carbocycles. The van der Waals surface area contributed by atoms with Gasteiger partial charge in [-0.25, -0.2) is 4.39 Å². The number of allylic oxidation sites excluding steroid dienone is 2. The maximum Gasteiger partial charge on any atom is 0.275 e. The van der Waals surface area contributed by atoms with Crippen LogP contribution in [0, 0.1) is 21.8 Å². The molecule has 5 nitrogen and oxygen atoms in total. The molecule has 0 bridgehead atoms. The highest BCUT2D eigenvalue weighted by Crippen LogP contribution is 2.38. The zero-order chi connectivity index (χ0) is 15.7. The number of pyridine rings is 1. The molecular weight excluding hydrogens is 287 g/mol. The van der Waals surface area contributed by atoms with E-state index < -0.39 is 22.2 Å². The number of nitrogens with zero attached hydrogens (tertiary/aromatic N) is 2. The molecule has 1 aromatic carbocycles. The molecule has 0 saturated heterocycles. The lowest BCUT2D eigenvalue weighted by atomic mass is 9.76. The molecule has 0 saturated carbocycles. The zero-order valence-electron chi connectivity index (χ0n) is 11.5. The molecule has 1 aromatic heterocycles. The summed E-state index contributed by atoms with van der Waals surface area (Å²) in [5.41, 5.74) is -1.12. The van der Waals surface area contributed by atoms with E-state index in [1.807, 2.05) is 0 Å². The molecule has 2 aromatic rings. The van der Waals surface area contributed by atoms with Crippen LogP contribution >= 0.6 is 0 Å². The van der Waals surface area contributed by atoms with Crippen molar-refractivity contribution in [1.82, 2.24) is 4.98 Å². The number of para-hydroxylation sites is 1. The summed E-state index contributed by atoms with van der Waals surface area (Å²) in [7, 11) is 0. The summed E-state index contributed by atoms with van der Waals surface area (Å²) in [6, 6.07) is 6.03. The molecule has 6 heteroatoms. The second-order valence-electron chi connectivity index (χ2n) is 5.15. The standard InChI is InChI=1S/C16H13FN2O3/c17-14-6-3-4-11-8-13(9-18-15(11)14)16(19(21)22)7-2-1-5-12(16)10-20/h1-9,12,20H,10H2. The molecule has 3 rings (SSSR count). The van der Waals surface area contributed by atoms with Gasteiger partial charge in [0.1, 0.15) is 11.3 Å². The van der Waals surface area contributed by atoms with Crippen LogP contribution in [0.4, 0.5) is 4.39 Å². The highest BCUT2D eigenvalue weighted by Gasteiger charge is 2.50. The van der Waals surface area contributed by atoms with E-state index in [1.165, 1.54) is 24.4 Å².